The molecule has 8 nitrogen and oxygen atoms in total. The van der Waals surface area contributed by atoms with Gasteiger partial charge in [0.1, 0.15) is 11.7 Å². The summed E-state index contributed by atoms with van der Waals surface area (Å²) in [5.74, 6) is -1.00. The van der Waals surface area contributed by atoms with Crippen LogP contribution in [0.5, 0.6) is 0 Å². The van der Waals surface area contributed by atoms with Crippen LogP contribution in [-0.2, 0) is 14.3 Å². The second-order valence-corrected chi connectivity index (χ2v) is 6.23. The molecule has 0 aromatic rings. The van der Waals surface area contributed by atoms with Crippen LogP contribution in [0.3, 0.4) is 0 Å². The number of aliphatic hydroxyl groups excluding tert-OH is 3. The molecule has 1 aliphatic heterocycles. The average molecular weight is 316 g/mol. The molecule has 2 amide bonds. The van der Waals surface area contributed by atoms with Crippen LogP contribution in [0.25, 0.3) is 0 Å². The Morgan fingerprint density at radius 1 is 1.23 bits per heavy atom. The highest BCUT2D eigenvalue weighted by Crippen LogP contribution is 2.42. The van der Waals surface area contributed by atoms with Crippen LogP contribution in [0.4, 0.5) is 0 Å². The average Bonchev–Trinajstić information content (AvgIpc) is 2.73. The summed E-state index contributed by atoms with van der Waals surface area (Å²) in [5, 5.41) is 35.6. The fourth-order valence-corrected chi connectivity index (χ4v) is 3.65. The third-order valence-electron chi connectivity index (χ3n) is 4.51. The molecule has 1 saturated carbocycles. The summed E-state index contributed by atoms with van der Waals surface area (Å²) < 4.78 is 5.76. The smallest absolute Gasteiger partial charge is 0.217 e. The zero-order chi connectivity index (χ0) is 16.5. The van der Waals surface area contributed by atoms with Gasteiger partial charge in [0, 0.05) is 26.2 Å². The number of carbonyl (C=O) groups excluding carboxylic acids is 2. The first-order chi connectivity index (χ1) is 10.3. The van der Waals surface area contributed by atoms with Gasteiger partial charge in [0.2, 0.25) is 11.8 Å². The van der Waals surface area contributed by atoms with Gasteiger partial charge in [-0.2, -0.15) is 0 Å². The van der Waals surface area contributed by atoms with Gasteiger partial charge >= 0.3 is 0 Å². The monoisotopic (exact) mass is 316 g/mol. The molecule has 8 heteroatoms. The van der Waals surface area contributed by atoms with Gasteiger partial charge in [-0.05, 0) is 6.42 Å². The van der Waals surface area contributed by atoms with Crippen molar-refractivity contribution in [3.05, 3.63) is 0 Å². The van der Waals surface area contributed by atoms with Crippen LogP contribution in [0.15, 0.2) is 0 Å². The van der Waals surface area contributed by atoms with Crippen molar-refractivity contribution in [3.63, 3.8) is 0 Å². The van der Waals surface area contributed by atoms with E-state index in [0.717, 1.165) is 0 Å². The van der Waals surface area contributed by atoms with Crippen molar-refractivity contribution in [2.75, 3.05) is 13.2 Å². The molecule has 1 spiro atoms. The highest BCUT2D eigenvalue weighted by molar-refractivity contribution is 5.74. The lowest BCUT2D eigenvalue weighted by Gasteiger charge is -2.47. The Morgan fingerprint density at radius 3 is 2.41 bits per heavy atom. The number of aliphatic hydroxyl groups is 3. The highest BCUT2D eigenvalue weighted by Gasteiger charge is 2.59. The Hall–Kier alpha value is -1.22. The summed E-state index contributed by atoms with van der Waals surface area (Å²) in [6.45, 7) is 2.63. The van der Waals surface area contributed by atoms with Crippen molar-refractivity contribution < 1.29 is 29.6 Å². The number of amides is 2. The molecule has 2 fully saturated rings. The molecule has 2 rings (SSSR count). The minimum absolute atomic E-state index is 0.131. The van der Waals surface area contributed by atoms with Crippen LogP contribution >= 0.6 is 0 Å². The Morgan fingerprint density at radius 2 is 1.86 bits per heavy atom. The predicted molar refractivity (Wildman–Crippen MR) is 75.7 cm³/mol. The summed E-state index contributed by atoms with van der Waals surface area (Å²) >= 11 is 0. The molecule has 0 aromatic carbocycles. The lowest BCUT2D eigenvalue weighted by Crippen LogP contribution is -2.68. The molecule has 0 aromatic heterocycles. The van der Waals surface area contributed by atoms with Gasteiger partial charge in [0.05, 0.1) is 31.4 Å². The van der Waals surface area contributed by atoms with E-state index in [2.05, 4.69) is 10.6 Å². The van der Waals surface area contributed by atoms with Gasteiger partial charge in [-0.3, -0.25) is 9.59 Å². The van der Waals surface area contributed by atoms with E-state index in [1.165, 1.54) is 13.8 Å². The van der Waals surface area contributed by atoms with E-state index in [9.17, 15) is 24.9 Å². The normalized spacial score (nSPS) is 41.4. The van der Waals surface area contributed by atoms with E-state index in [-0.39, 0.29) is 43.8 Å². The largest absolute Gasteiger partial charge is 0.396 e. The van der Waals surface area contributed by atoms with Crippen molar-refractivity contribution >= 4 is 11.8 Å². The van der Waals surface area contributed by atoms with Gasteiger partial charge in [-0.15, -0.1) is 0 Å². The maximum Gasteiger partial charge on any atom is 0.217 e. The zero-order valence-electron chi connectivity index (χ0n) is 12.8. The minimum atomic E-state index is -1.22. The van der Waals surface area contributed by atoms with Crippen LogP contribution < -0.4 is 10.6 Å². The molecular weight excluding hydrogens is 292 g/mol. The standard InChI is InChI=1S/C14H24N2O6/c1-7(18)15-11-3-10(20)4-14(13(11)21)12(16-8(2)19)9(5-17)6-22-14/h9-13,17,20-21H,3-6H2,1-2H3,(H,15,18)(H,16,19)/t9-,10-,11+,12-,13-,14+/m1/s1. The first kappa shape index (κ1) is 17.1. The molecule has 0 bridgehead atoms. The highest BCUT2D eigenvalue weighted by atomic mass is 16.5. The maximum absolute atomic E-state index is 11.5. The lowest BCUT2D eigenvalue weighted by molar-refractivity contribution is -0.163. The van der Waals surface area contributed by atoms with Crippen molar-refractivity contribution in [1.82, 2.24) is 10.6 Å². The SMILES string of the molecule is CC(=O)N[C@H]1C[C@@H](O)C[C@@]2(OC[C@@H](CO)[C@H]2NC(C)=O)[C@@H]1O. The minimum Gasteiger partial charge on any atom is -0.396 e. The molecule has 5 N–H and O–H groups in total. The number of hydrogen-bond acceptors (Lipinski definition) is 6. The quantitative estimate of drug-likeness (QED) is 0.405. The van der Waals surface area contributed by atoms with Crippen LogP contribution in [-0.4, -0.2) is 70.2 Å². The van der Waals surface area contributed by atoms with Crippen molar-refractivity contribution in [2.24, 2.45) is 5.92 Å². The summed E-state index contributed by atoms with van der Waals surface area (Å²) in [4.78, 5) is 22.8. The van der Waals surface area contributed by atoms with E-state index in [0.29, 0.717) is 0 Å². The first-order valence-electron chi connectivity index (χ1n) is 7.45. The molecule has 0 unspecified atom stereocenters. The van der Waals surface area contributed by atoms with E-state index in [4.69, 9.17) is 4.74 Å². The first-order valence-corrected chi connectivity index (χ1v) is 7.45. The fraction of sp³-hybridized carbons (Fsp3) is 0.857. The maximum atomic E-state index is 11.5. The van der Waals surface area contributed by atoms with Crippen molar-refractivity contribution in [1.29, 1.82) is 0 Å². The van der Waals surface area contributed by atoms with E-state index in [1.807, 2.05) is 0 Å². The molecule has 1 heterocycles. The summed E-state index contributed by atoms with van der Waals surface area (Å²) in [6, 6.07) is -1.30. The number of hydrogen-bond donors (Lipinski definition) is 5. The third kappa shape index (κ3) is 3.10. The van der Waals surface area contributed by atoms with Crippen LogP contribution in [0.1, 0.15) is 26.7 Å². The molecule has 126 valence electrons. The Bertz CT molecular complexity index is 445. The van der Waals surface area contributed by atoms with Crippen molar-refractivity contribution in [2.45, 2.75) is 56.6 Å². The number of carbonyl (C=O) groups is 2. The Balaban J connectivity index is 2.31. The zero-order valence-corrected chi connectivity index (χ0v) is 12.8. The van der Waals surface area contributed by atoms with E-state index in [1.54, 1.807) is 0 Å². The van der Waals surface area contributed by atoms with Gasteiger partial charge in [-0.25, -0.2) is 0 Å². The molecule has 2 aliphatic rings. The van der Waals surface area contributed by atoms with Gasteiger partial charge in [-0.1, -0.05) is 0 Å². The fourth-order valence-electron chi connectivity index (χ4n) is 3.65. The predicted octanol–water partition coefficient (Wildman–Crippen LogP) is -2.11. The van der Waals surface area contributed by atoms with Crippen LogP contribution in [0.2, 0.25) is 0 Å². The number of rotatable bonds is 3. The topological polar surface area (TPSA) is 128 Å². The second-order valence-electron chi connectivity index (χ2n) is 6.23. The van der Waals surface area contributed by atoms with Gasteiger partial charge in [0.25, 0.3) is 0 Å². The Labute approximate surface area is 128 Å². The molecule has 6 atom stereocenters. The molecule has 22 heavy (non-hydrogen) atoms. The summed E-state index contributed by atoms with van der Waals surface area (Å²) in [5.41, 5.74) is -1.22. The molecule has 1 saturated heterocycles. The molecular formula is C14H24N2O6. The summed E-state index contributed by atoms with van der Waals surface area (Å²) in [6.07, 6.45) is -1.53. The number of ether oxygens (including phenoxy) is 1. The molecule has 1 aliphatic carbocycles. The second kappa shape index (κ2) is 6.49. The van der Waals surface area contributed by atoms with E-state index < -0.39 is 29.9 Å². The Kier molecular flexibility index (Phi) is 5.06. The lowest BCUT2D eigenvalue weighted by atomic mass is 9.71. The third-order valence-corrected chi connectivity index (χ3v) is 4.51. The van der Waals surface area contributed by atoms with Crippen LogP contribution in [0, 0.1) is 5.92 Å². The van der Waals surface area contributed by atoms with Gasteiger partial charge < -0.3 is 30.7 Å². The van der Waals surface area contributed by atoms with Gasteiger partial charge in [0.15, 0.2) is 0 Å². The van der Waals surface area contributed by atoms with E-state index >= 15 is 0 Å². The summed E-state index contributed by atoms with van der Waals surface area (Å²) in [7, 11) is 0. The molecule has 0 radical (unpaired) electrons. The van der Waals surface area contributed by atoms with Crippen molar-refractivity contribution in [3.8, 4) is 0 Å². The number of nitrogens with one attached hydrogen (secondary N) is 2.